The van der Waals surface area contributed by atoms with E-state index in [0.29, 0.717) is 22.8 Å². The maximum absolute atomic E-state index is 5.93. The lowest BCUT2D eigenvalue weighted by atomic mass is 10.1. The van der Waals surface area contributed by atoms with Crippen LogP contribution in [-0.4, -0.2) is 30.6 Å². The van der Waals surface area contributed by atoms with Gasteiger partial charge in [-0.05, 0) is 17.7 Å². The van der Waals surface area contributed by atoms with Gasteiger partial charge in [0.15, 0.2) is 0 Å². The molecule has 0 N–H and O–H groups in total. The summed E-state index contributed by atoms with van der Waals surface area (Å²) in [5, 5.41) is 1.16. The van der Waals surface area contributed by atoms with Crippen molar-refractivity contribution in [3.05, 3.63) is 46.5 Å². The molecule has 0 unspecified atom stereocenters. The van der Waals surface area contributed by atoms with Crippen LogP contribution >= 0.6 is 23.2 Å². The Balaban J connectivity index is 1.76. The zero-order valence-electron chi connectivity index (χ0n) is 9.53. The molecule has 0 spiro atoms. The summed E-state index contributed by atoms with van der Waals surface area (Å²) in [7, 11) is 0. The molecule has 1 aliphatic heterocycles. The molecular formula is C13H15Cl2NO. The Morgan fingerprint density at radius 3 is 2.76 bits per heavy atom. The molecule has 0 aromatic heterocycles. The van der Waals surface area contributed by atoms with E-state index in [1.165, 1.54) is 0 Å². The van der Waals surface area contributed by atoms with Crippen LogP contribution in [-0.2, 0) is 11.3 Å². The molecule has 17 heavy (non-hydrogen) atoms. The van der Waals surface area contributed by atoms with Crippen molar-refractivity contribution in [2.24, 2.45) is 0 Å². The number of hydrogen-bond acceptors (Lipinski definition) is 2. The first kappa shape index (κ1) is 12.9. The van der Waals surface area contributed by atoms with Gasteiger partial charge in [0, 0.05) is 19.6 Å². The Labute approximate surface area is 112 Å². The fourth-order valence-electron chi connectivity index (χ4n) is 1.80. The van der Waals surface area contributed by atoms with E-state index in [0.717, 1.165) is 25.2 Å². The van der Waals surface area contributed by atoms with E-state index in [4.69, 9.17) is 27.9 Å². The number of halogens is 2. The van der Waals surface area contributed by atoms with Crippen molar-refractivity contribution < 1.29 is 4.74 Å². The van der Waals surface area contributed by atoms with Crippen LogP contribution in [0.1, 0.15) is 5.56 Å². The van der Waals surface area contributed by atoms with Crippen LogP contribution in [0.4, 0.5) is 0 Å². The van der Waals surface area contributed by atoms with Crippen LogP contribution in [0, 0.1) is 0 Å². The van der Waals surface area contributed by atoms with E-state index >= 15 is 0 Å². The number of nitrogens with zero attached hydrogens (tertiary/aromatic N) is 1. The maximum Gasteiger partial charge on any atom is 0.0833 e. The highest BCUT2D eigenvalue weighted by Gasteiger charge is 2.25. The molecule has 1 saturated heterocycles. The molecule has 0 aliphatic carbocycles. The average molecular weight is 272 g/mol. The van der Waals surface area contributed by atoms with Gasteiger partial charge in [-0.25, -0.2) is 0 Å². The highest BCUT2D eigenvalue weighted by molar-refractivity contribution is 6.42. The van der Waals surface area contributed by atoms with E-state index in [9.17, 15) is 0 Å². The van der Waals surface area contributed by atoms with Crippen molar-refractivity contribution >= 4 is 23.2 Å². The van der Waals surface area contributed by atoms with Crippen molar-refractivity contribution in [3.8, 4) is 0 Å². The molecule has 2 nitrogen and oxygen atoms in total. The summed E-state index contributed by atoms with van der Waals surface area (Å²) >= 11 is 11.8. The van der Waals surface area contributed by atoms with Gasteiger partial charge in [-0.3, -0.25) is 4.90 Å². The highest BCUT2D eigenvalue weighted by atomic mass is 35.5. The molecule has 92 valence electrons. The summed E-state index contributed by atoms with van der Waals surface area (Å²) in [4.78, 5) is 2.28. The highest BCUT2D eigenvalue weighted by Crippen LogP contribution is 2.23. The molecule has 0 radical (unpaired) electrons. The number of ether oxygens (including phenoxy) is 1. The minimum Gasteiger partial charge on any atom is -0.371 e. The Morgan fingerprint density at radius 1 is 1.35 bits per heavy atom. The number of hydrogen-bond donors (Lipinski definition) is 0. The van der Waals surface area contributed by atoms with Crippen molar-refractivity contribution in [3.63, 3.8) is 0 Å². The third-order valence-electron chi connectivity index (χ3n) is 2.78. The summed E-state index contributed by atoms with van der Waals surface area (Å²) in [6.07, 6.45) is 2.24. The van der Waals surface area contributed by atoms with Gasteiger partial charge in [-0.15, -0.1) is 6.58 Å². The summed E-state index contributed by atoms with van der Waals surface area (Å²) in [6, 6.07) is 5.59. The maximum atomic E-state index is 5.93. The third kappa shape index (κ3) is 3.46. The molecule has 0 bridgehead atoms. The molecule has 1 aromatic carbocycles. The second-order valence-corrected chi connectivity index (χ2v) is 5.00. The molecule has 0 saturated carbocycles. The van der Waals surface area contributed by atoms with Gasteiger partial charge in [0.25, 0.3) is 0 Å². The quantitative estimate of drug-likeness (QED) is 0.762. The Morgan fingerprint density at radius 2 is 2.12 bits per heavy atom. The Bertz CT molecular complexity index is 402. The molecule has 0 atom stereocenters. The molecule has 1 aliphatic rings. The second kappa shape index (κ2) is 5.87. The molecular weight excluding hydrogens is 257 g/mol. The second-order valence-electron chi connectivity index (χ2n) is 4.19. The number of likely N-dealkylation sites (tertiary alicyclic amines) is 1. The minimum absolute atomic E-state index is 0.324. The predicted molar refractivity (Wildman–Crippen MR) is 71.7 cm³/mol. The molecule has 1 aromatic rings. The van der Waals surface area contributed by atoms with Gasteiger partial charge in [-0.1, -0.05) is 35.3 Å². The van der Waals surface area contributed by atoms with Gasteiger partial charge >= 0.3 is 0 Å². The lowest BCUT2D eigenvalue weighted by Gasteiger charge is -2.38. The fourth-order valence-corrected chi connectivity index (χ4v) is 2.12. The third-order valence-corrected chi connectivity index (χ3v) is 3.52. The number of rotatable bonds is 5. The SMILES string of the molecule is C=CCN1CC(OCc2ccc(Cl)c(Cl)c2)C1. The normalized spacial score (nSPS) is 16.8. The van der Waals surface area contributed by atoms with Crippen LogP contribution in [0.2, 0.25) is 10.0 Å². The van der Waals surface area contributed by atoms with Crippen LogP contribution in [0.25, 0.3) is 0 Å². The van der Waals surface area contributed by atoms with Crippen LogP contribution in [0.15, 0.2) is 30.9 Å². The van der Waals surface area contributed by atoms with E-state index < -0.39 is 0 Å². The van der Waals surface area contributed by atoms with Gasteiger partial charge in [-0.2, -0.15) is 0 Å². The first-order chi connectivity index (χ1) is 8.19. The monoisotopic (exact) mass is 271 g/mol. The topological polar surface area (TPSA) is 12.5 Å². The van der Waals surface area contributed by atoms with E-state index in [2.05, 4.69) is 11.5 Å². The fraction of sp³-hybridized carbons (Fsp3) is 0.385. The summed E-state index contributed by atoms with van der Waals surface area (Å²) < 4.78 is 5.76. The van der Waals surface area contributed by atoms with Gasteiger partial charge in [0.05, 0.1) is 22.8 Å². The number of benzene rings is 1. The lowest BCUT2D eigenvalue weighted by molar-refractivity contribution is -0.0578. The van der Waals surface area contributed by atoms with Crippen molar-refractivity contribution in [2.45, 2.75) is 12.7 Å². The van der Waals surface area contributed by atoms with Gasteiger partial charge in [0.1, 0.15) is 0 Å². The average Bonchev–Trinajstić information content (AvgIpc) is 2.26. The smallest absolute Gasteiger partial charge is 0.0833 e. The van der Waals surface area contributed by atoms with E-state index in [1.54, 1.807) is 6.07 Å². The molecule has 1 heterocycles. The minimum atomic E-state index is 0.324. The van der Waals surface area contributed by atoms with Crippen LogP contribution in [0.3, 0.4) is 0 Å². The molecule has 2 rings (SSSR count). The first-order valence-electron chi connectivity index (χ1n) is 5.58. The van der Waals surface area contributed by atoms with Crippen LogP contribution < -0.4 is 0 Å². The Kier molecular flexibility index (Phi) is 4.46. The van der Waals surface area contributed by atoms with Crippen molar-refractivity contribution in [1.82, 2.24) is 4.90 Å². The summed E-state index contributed by atoms with van der Waals surface area (Å²) in [5.74, 6) is 0. The molecule has 4 heteroatoms. The van der Waals surface area contributed by atoms with Crippen LogP contribution in [0.5, 0.6) is 0 Å². The Hall–Kier alpha value is -0.540. The van der Waals surface area contributed by atoms with Crippen molar-refractivity contribution in [2.75, 3.05) is 19.6 Å². The lowest BCUT2D eigenvalue weighted by Crippen LogP contribution is -2.51. The molecule has 0 amide bonds. The first-order valence-corrected chi connectivity index (χ1v) is 6.33. The predicted octanol–water partition coefficient (Wildman–Crippen LogP) is 3.38. The van der Waals surface area contributed by atoms with Gasteiger partial charge in [0.2, 0.25) is 0 Å². The zero-order valence-corrected chi connectivity index (χ0v) is 11.0. The molecule has 1 fully saturated rings. The largest absolute Gasteiger partial charge is 0.371 e. The zero-order chi connectivity index (χ0) is 12.3. The van der Waals surface area contributed by atoms with Crippen molar-refractivity contribution in [1.29, 1.82) is 0 Å². The standard InChI is InChI=1S/C13H15Cl2NO/c1-2-5-16-7-11(8-16)17-9-10-3-4-12(14)13(15)6-10/h2-4,6,11H,1,5,7-9H2. The van der Waals surface area contributed by atoms with E-state index in [1.807, 2.05) is 18.2 Å². The van der Waals surface area contributed by atoms with E-state index in [-0.39, 0.29) is 0 Å². The van der Waals surface area contributed by atoms with Gasteiger partial charge < -0.3 is 4.74 Å². The summed E-state index contributed by atoms with van der Waals surface area (Å²) in [6.45, 7) is 7.19. The summed E-state index contributed by atoms with van der Waals surface area (Å²) in [5.41, 5.74) is 1.06.